The molecule has 0 saturated carbocycles. The number of anilines is 1. The summed E-state index contributed by atoms with van der Waals surface area (Å²) in [6.45, 7) is 6.50. The molecule has 0 radical (unpaired) electrons. The van der Waals surface area contributed by atoms with Crippen molar-refractivity contribution in [2.24, 2.45) is 5.92 Å². The molecular formula is C19H28N2O3. The van der Waals surface area contributed by atoms with E-state index < -0.39 is 12.0 Å². The lowest BCUT2D eigenvalue weighted by Gasteiger charge is -2.26. The van der Waals surface area contributed by atoms with Gasteiger partial charge in [-0.05, 0) is 36.5 Å². The third-order valence-corrected chi connectivity index (χ3v) is 4.30. The zero-order chi connectivity index (χ0) is 17.9. The molecule has 2 rings (SSSR count). The van der Waals surface area contributed by atoms with Crippen LogP contribution in [0.15, 0.2) is 29.5 Å². The van der Waals surface area contributed by atoms with Crippen molar-refractivity contribution in [1.82, 2.24) is 5.32 Å². The number of hydrogen-bond donors (Lipinski definition) is 2. The number of fused-ring (bicyclic) bond motifs is 1. The largest absolute Gasteiger partial charge is 0.489 e. The van der Waals surface area contributed by atoms with Gasteiger partial charge in [0.05, 0.1) is 0 Å². The van der Waals surface area contributed by atoms with Crippen LogP contribution in [0.5, 0.6) is 5.75 Å². The van der Waals surface area contributed by atoms with Crippen molar-refractivity contribution < 1.29 is 14.6 Å². The Balaban J connectivity index is 2.15. The Morgan fingerprint density at radius 3 is 2.67 bits per heavy atom. The van der Waals surface area contributed by atoms with Gasteiger partial charge >= 0.3 is 5.97 Å². The minimum absolute atomic E-state index is 0.323. The molecule has 5 heteroatoms. The van der Waals surface area contributed by atoms with Crippen LogP contribution >= 0.6 is 0 Å². The van der Waals surface area contributed by atoms with Gasteiger partial charge in [0.15, 0.2) is 0 Å². The summed E-state index contributed by atoms with van der Waals surface area (Å²) in [5.74, 6) is 0.426. The maximum atomic E-state index is 11.4. The van der Waals surface area contributed by atoms with E-state index in [2.05, 4.69) is 17.4 Å². The fraction of sp³-hybridized carbons (Fsp3) is 0.526. The molecule has 0 saturated heterocycles. The van der Waals surface area contributed by atoms with Crippen LogP contribution in [0.4, 0.5) is 5.69 Å². The molecule has 24 heavy (non-hydrogen) atoms. The average Bonchev–Trinajstić information content (AvgIpc) is 2.52. The first-order valence-electron chi connectivity index (χ1n) is 8.39. The molecular weight excluding hydrogens is 304 g/mol. The minimum atomic E-state index is -0.809. The lowest BCUT2D eigenvalue weighted by molar-refractivity contribution is -0.139. The van der Waals surface area contributed by atoms with Crippen molar-refractivity contribution >= 4 is 11.7 Å². The van der Waals surface area contributed by atoms with Crippen LogP contribution in [0.1, 0.15) is 32.8 Å². The first-order chi connectivity index (χ1) is 11.3. The van der Waals surface area contributed by atoms with Gasteiger partial charge in [-0.25, -0.2) is 4.79 Å². The van der Waals surface area contributed by atoms with Crippen LogP contribution in [0.2, 0.25) is 0 Å². The second kappa shape index (κ2) is 7.60. The van der Waals surface area contributed by atoms with Crippen molar-refractivity contribution in [3.05, 3.63) is 35.0 Å². The van der Waals surface area contributed by atoms with E-state index in [1.165, 1.54) is 0 Å². The smallest absolute Gasteiger partial charge is 0.326 e. The standard InChI is InChI=1S/C19H28N2O3/c1-12(2)8-17(19(22)23)20-13(3)15-9-14-6-7-16(21(4)5)10-18(14)24-11-15/h6-7,10,12,17,20H,8-9,11H2,1-5H3,(H,22,23)/b15-13+/t17-/m0/s1. The van der Waals surface area contributed by atoms with E-state index in [0.717, 1.165) is 34.7 Å². The summed E-state index contributed by atoms with van der Waals surface area (Å²) in [6, 6.07) is 5.65. The number of hydrogen-bond acceptors (Lipinski definition) is 4. The molecule has 0 aromatic heterocycles. The summed E-state index contributed by atoms with van der Waals surface area (Å²) >= 11 is 0. The number of carboxylic acid groups (broad SMARTS) is 1. The third kappa shape index (κ3) is 4.43. The Morgan fingerprint density at radius 1 is 1.38 bits per heavy atom. The molecule has 2 N–H and O–H groups in total. The molecule has 0 aliphatic carbocycles. The molecule has 0 bridgehead atoms. The maximum Gasteiger partial charge on any atom is 0.326 e. The van der Waals surface area contributed by atoms with Gasteiger partial charge in [0.1, 0.15) is 18.4 Å². The first kappa shape index (κ1) is 18.2. The van der Waals surface area contributed by atoms with E-state index in [-0.39, 0.29) is 0 Å². The highest BCUT2D eigenvalue weighted by molar-refractivity contribution is 5.73. The van der Waals surface area contributed by atoms with Gasteiger partial charge in [0.25, 0.3) is 0 Å². The summed E-state index contributed by atoms with van der Waals surface area (Å²) < 4.78 is 5.90. The number of rotatable bonds is 6. The Bertz CT molecular complexity index is 635. The normalized spacial score (nSPS) is 16.9. The number of nitrogens with one attached hydrogen (secondary N) is 1. The highest BCUT2D eigenvalue weighted by Crippen LogP contribution is 2.31. The Kier molecular flexibility index (Phi) is 5.75. The Morgan fingerprint density at radius 2 is 2.08 bits per heavy atom. The number of nitrogens with zero attached hydrogens (tertiary/aromatic N) is 1. The van der Waals surface area contributed by atoms with Crippen molar-refractivity contribution in [2.75, 3.05) is 25.6 Å². The molecule has 1 aromatic rings. The van der Waals surface area contributed by atoms with Crippen molar-refractivity contribution in [3.8, 4) is 5.75 Å². The average molecular weight is 332 g/mol. The number of benzene rings is 1. The molecule has 0 fully saturated rings. The zero-order valence-corrected chi connectivity index (χ0v) is 15.2. The van der Waals surface area contributed by atoms with Gasteiger partial charge in [0.2, 0.25) is 0 Å². The summed E-state index contributed by atoms with van der Waals surface area (Å²) in [4.78, 5) is 13.5. The molecule has 1 heterocycles. The molecule has 1 aromatic carbocycles. The number of ether oxygens (including phenoxy) is 1. The van der Waals surface area contributed by atoms with Gasteiger partial charge < -0.3 is 20.1 Å². The van der Waals surface area contributed by atoms with E-state index in [4.69, 9.17) is 4.74 Å². The number of aliphatic carboxylic acids is 1. The fourth-order valence-electron chi connectivity index (χ4n) is 2.84. The predicted octanol–water partition coefficient (Wildman–Crippen LogP) is 3.05. The number of carboxylic acids is 1. The first-order valence-corrected chi connectivity index (χ1v) is 8.39. The lowest BCUT2D eigenvalue weighted by atomic mass is 9.99. The fourth-order valence-corrected chi connectivity index (χ4v) is 2.84. The van der Waals surface area contributed by atoms with Crippen LogP contribution < -0.4 is 15.0 Å². The maximum absolute atomic E-state index is 11.4. The molecule has 0 spiro atoms. The zero-order valence-electron chi connectivity index (χ0n) is 15.2. The van der Waals surface area contributed by atoms with Crippen molar-refractivity contribution in [2.45, 2.75) is 39.7 Å². The summed E-state index contributed by atoms with van der Waals surface area (Å²) in [6.07, 6.45) is 1.39. The molecule has 1 aliphatic rings. The molecule has 1 atom stereocenters. The van der Waals surface area contributed by atoms with Crippen molar-refractivity contribution in [1.29, 1.82) is 0 Å². The van der Waals surface area contributed by atoms with E-state index in [0.29, 0.717) is 18.9 Å². The molecule has 0 amide bonds. The lowest BCUT2D eigenvalue weighted by Crippen LogP contribution is -2.37. The van der Waals surface area contributed by atoms with Crippen LogP contribution in [0, 0.1) is 5.92 Å². The summed E-state index contributed by atoms with van der Waals surface area (Å²) in [5.41, 5.74) is 4.26. The quantitative estimate of drug-likeness (QED) is 0.838. The highest BCUT2D eigenvalue weighted by Gasteiger charge is 2.22. The van der Waals surface area contributed by atoms with Gasteiger partial charge in [0, 0.05) is 38.0 Å². The Hall–Kier alpha value is -2.17. The monoisotopic (exact) mass is 332 g/mol. The molecule has 5 nitrogen and oxygen atoms in total. The third-order valence-electron chi connectivity index (χ3n) is 4.30. The number of allylic oxidation sites excluding steroid dienone is 1. The van der Waals surface area contributed by atoms with E-state index in [1.54, 1.807) is 0 Å². The minimum Gasteiger partial charge on any atom is -0.489 e. The van der Waals surface area contributed by atoms with Gasteiger partial charge in [-0.2, -0.15) is 0 Å². The second-order valence-corrected chi connectivity index (χ2v) is 7.05. The summed E-state index contributed by atoms with van der Waals surface area (Å²) in [5, 5.41) is 12.6. The predicted molar refractivity (Wildman–Crippen MR) is 96.7 cm³/mol. The second-order valence-electron chi connectivity index (χ2n) is 7.05. The van der Waals surface area contributed by atoms with Crippen LogP contribution in [0.25, 0.3) is 0 Å². The summed E-state index contributed by atoms with van der Waals surface area (Å²) in [7, 11) is 4.01. The van der Waals surface area contributed by atoms with E-state index in [1.807, 2.05) is 45.8 Å². The van der Waals surface area contributed by atoms with E-state index in [9.17, 15) is 9.90 Å². The topological polar surface area (TPSA) is 61.8 Å². The van der Waals surface area contributed by atoms with Crippen LogP contribution in [-0.4, -0.2) is 37.8 Å². The van der Waals surface area contributed by atoms with Gasteiger partial charge in [-0.3, -0.25) is 0 Å². The number of carbonyl (C=O) groups is 1. The van der Waals surface area contributed by atoms with Crippen molar-refractivity contribution in [3.63, 3.8) is 0 Å². The van der Waals surface area contributed by atoms with Gasteiger partial charge in [-0.1, -0.05) is 19.9 Å². The van der Waals surface area contributed by atoms with E-state index >= 15 is 0 Å². The SMILES string of the molecule is C/C(N[C@@H](CC(C)C)C(=O)O)=C1\COc2cc(N(C)C)ccc2C1. The molecule has 0 unspecified atom stereocenters. The van der Waals surface area contributed by atoms with Crippen LogP contribution in [0.3, 0.4) is 0 Å². The highest BCUT2D eigenvalue weighted by atomic mass is 16.5. The van der Waals surface area contributed by atoms with Crippen LogP contribution in [-0.2, 0) is 11.2 Å². The molecule has 132 valence electrons. The molecule has 1 aliphatic heterocycles. The van der Waals surface area contributed by atoms with Gasteiger partial charge in [-0.15, -0.1) is 0 Å². The Labute approximate surface area is 144 Å².